The van der Waals surface area contributed by atoms with E-state index in [4.69, 9.17) is 0 Å². The zero-order chi connectivity index (χ0) is 19.9. The maximum absolute atomic E-state index is 13.3. The third-order valence-corrected chi connectivity index (χ3v) is 6.97. The van der Waals surface area contributed by atoms with Gasteiger partial charge in [0, 0.05) is 42.8 Å². The lowest BCUT2D eigenvalue weighted by molar-refractivity contribution is 0.0886. The molecule has 0 bridgehead atoms. The van der Waals surface area contributed by atoms with Crippen LogP contribution in [0.4, 0.5) is 5.69 Å². The molecule has 1 heterocycles. The number of carbonyl (C=O) groups is 1. The monoisotopic (exact) mass is 378 g/mol. The summed E-state index contributed by atoms with van der Waals surface area (Å²) in [5.74, 6) is 1.04. The van der Waals surface area contributed by atoms with Gasteiger partial charge in [-0.25, -0.2) is 0 Å². The summed E-state index contributed by atoms with van der Waals surface area (Å²) < 4.78 is 0. The highest BCUT2D eigenvalue weighted by atomic mass is 16.1. The second-order valence-corrected chi connectivity index (χ2v) is 9.01. The van der Waals surface area contributed by atoms with Gasteiger partial charge in [-0.3, -0.25) is 4.79 Å². The van der Waals surface area contributed by atoms with Crippen molar-refractivity contribution in [1.29, 1.82) is 0 Å². The molecule has 0 atom stereocenters. The zero-order valence-corrected chi connectivity index (χ0v) is 17.9. The number of benzene rings is 2. The third-order valence-electron chi connectivity index (χ3n) is 6.97. The Morgan fingerprint density at radius 1 is 1.00 bits per heavy atom. The minimum Gasteiger partial charge on any atom is -0.370 e. The van der Waals surface area contributed by atoms with Crippen molar-refractivity contribution in [3.05, 3.63) is 41.5 Å². The molecule has 0 saturated carbocycles. The Hall–Kier alpha value is -1.87. The van der Waals surface area contributed by atoms with Gasteiger partial charge in [-0.1, -0.05) is 52.0 Å². The Bertz CT molecular complexity index is 881. The van der Waals surface area contributed by atoms with Crippen LogP contribution in [0.3, 0.4) is 0 Å². The number of nitrogens with zero attached hydrogens (tertiary/aromatic N) is 2. The highest BCUT2D eigenvalue weighted by molar-refractivity contribution is 6.22. The van der Waals surface area contributed by atoms with Gasteiger partial charge in [-0.2, -0.15) is 0 Å². The number of anilines is 1. The minimum atomic E-state index is -0.326. The Labute approximate surface area is 169 Å². The Kier molecular flexibility index (Phi) is 5.22. The van der Waals surface area contributed by atoms with Crippen molar-refractivity contribution in [2.24, 2.45) is 5.92 Å². The lowest BCUT2D eigenvalue weighted by Gasteiger charge is -2.28. The van der Waals surface area contributed by atoms with Gasteiger partial charge in [0.2, 0.25) is 0 Å². The molecule has 1 aliphatic heterocycles. The van der Waals surface area contributed by atoms with E-state index < -0.39 is 0 Å². The Morgan fingerprint density at radius 2 is 1.79 bits per heavy atom. The van der Waals surface area contributed by atoms with Gasteiger partial charge in [0.15, 0.2) is 5.78 Å². The lowest BCUT2D eigenvalue weighted by atomic mass is 9.75. The van der Waals surface area contributed by atoms with Crippen LogP contribution in [0.15, 0.2) is 30.3 Å². The molecule has 0 N–H and O–H groups in total. The number of rotatable bonds is 5. The molecule has 0 spiro atoms. The van der Waals surface area contributed by atoms with E-state index >= 15 is 0 Å². The molecule has 1 fully saturated rings. The molecule has 1 aliphatic carbocycles. The van der Waals surface area contributed by atoms with Crippen LogP contribution in [0, 0.1) is 5.92 Å². The van der Waals surface area contributed by atoms with Crippen LogP contribution >= 0.6 is 0 Å². The molecule has 0 amide bonds. The molecule has 4 rings (SSSR count). The van der Waals surface area contributed by atoms with E-state index in [-0.39, 0.29) is 5.41 Å². The molecule has 28 heavy (non-hydrogen) atoms. The maximum Gasteiger partial charge on any atom is 0.174 e. The van der Waals surface area contributed by atoms with Gasteiger partial charge in [0.25, 0.3) is 0 Å². The van der Waals surface area contributed by atoms with Gasteiger partial charge < -0.3 is 9.80 Å². The van der Waals surface area contributed by atoms with Crippen LogP contribution < -0.4 is 4.90 Å². The van der Waals surface area contributed by atoms with Gasteiger partial charge >= 0.3 is 0 Å². The molecule has 3 nitrogen and oxygen atoms in total. The summed E-state index contributed by atoms with van der Waals surface area (Å²) in [7, 11) is 0. The smallest absolute Gasteiger partial charge is 0.174 e. The van der Waals surface area contributed by atoms with Gasteiger partial charge in [0.1, 0.15) is 0 Å². The van der Waals surface area contributed by atoms with E-state index in [1.165, 1.54) is 41.5 Å². The number of ketones is 1. The number of hydrogen-bond donors (Lipinski definition) is 0. The van der Waals surface area contributed by atoms with Gasteiger partial charge in [-0.15, -0.1) is 0 Å². The van der Waals surface area contributed by atoms with E-state index in [0.717, 1.165) is 38.0 Å². The SMILES string of the molecule is CCC1(CC)C(=O)c2cccc3c(N4CCCN(CC(C)C)CC4)ccc1c23. The minimum absolute atomic E-state index is 0.326. The van der Waals surface area contributed by atoms with E-state index in [0.29, 0.717) is 11.7 Å². The third kappa shape index (κ3) is 2.95. The number of hydrogen-bond acceptors (Lipinski definition) is 3. The fourth-order valence-corrected chi connectivity index (χ4v) is 5.50. The first-order valence-electron chi connectivity index (χ1n) is 11.1. The molecule has 2 aromatic rings. The molecule has 3 heteroatoms. The lowest BCUT2D eigenvalue weighted by Crippen LogP contribution is -2.33. The molecular formula is C25H34N2O. The fraction of sp³-hybridized carbons (Fsp3) is 0.560. The summed E-state index contributed by atoms with van der Waals surface area (Å²) >= 11 is 0. The van der Waals surface area contributed by atoms with Crippen LogP contribution in [0.5, 0.6) is 0 Å². The summed E-state index contributed by atoms with van der Waals surface area (Å²) in [6, 6.07) is 10.9. The highest BCUT2D eigenvalue weighted by Gasteiger charge is 2.44. The summed E-state index contributed by atoms with van der Waals surface area (Å²) in [5.41, 5.74) is 3.18. The van der Waals surface area contributed by atoms with Crippen molar-refractivity contribution in [2.45, 2.75) is 52.4 Å². The van der Waals surface area contributed by atoms with Crippen molar-refractivity contribution in [3.63, 3.8) is 0 Å². The fourth-order valence-electron chi connectivity index (χ4n) is 5.50. The first kappa shape index (κ1) is 19.4. The standard InChI is InChI=1S/C25H34N2O/c1-5-25(6-2)21-11-12-22(19-9-7-10-20(23(19)21)24(25)28)27-14-8-13-26(15-16-27)17-18(3)4/h7,9-12,18H,5-6,8,13-17H2,1-4H3. The molecule has 0 radical (unpaired) electrons. The van der Waals surface area contributed by atoms with Crippen LogP contribution in [0.2, 0.25) is 0 Å². The van der Waals surface area contributed by atoms with Crippen molar-refractivity contribution in [1.82, 2.24) is 4.90 Å². The largest absolute Gasteiger partial charge is 0.370 e. The van der Waals surface area contributed by atoms with Crippen molar-refractivity contribution in [3.8, 4) is 0 Å². The second-order valence-electron chi connectivity index (χ2n) is 9.01. The first-order valence-corrected chi connectivity index (χ1v) is 11.1. The predicted octanol–water partition coefficient (Wildman–Crippen LogP) is 5.26. The van der Waals surface area contributed by atoms with Crippen molar-refractivity contribution in [2.75, 3.05) is 37.6 Å². The van der Waals surface area contributed by atoms with E-state index in [9.17, 15) is 4.79 Å². The van der Waals surface area contributed by atoms with Gasteiger partial charge in [-0.05, 0) is 48.7 Å². The van der Waals surface area contributed by atoms with Crippen LogP contribution in [-0.4, -0.2) is 43.4 Å². The maximum atomic E-state index is 13.3. The zero-order valence-electron chi connectivity index (χ0n) is 17.9. The predicted molar refractivity (Wildman–Crippen MR) is 119 cm³/mol. The normalized spacial score (nSPS) is 19.6. The molecule has 2 aromatic carbocycles. The topological polar surface area (TPSA) is 23.6 Å². The quantitative estimate of drug-likeness (QED) is 0.709. The van der Waals surface area contributed by atoms with Crippen LogP contribution in [0.25, 0.3) is 10.8 Å². The highest BCUT2D eigenvalue weighted by Crippen LogP contribution is 2.48. The average Bonchev–Trinajstić information content (AvgIpc) is 2.82. The molecule has 1 saturated heterocycles. The summed E-state index contributed by atoms with van der Waals surface area (Å²) in [5, 5.41) is 2.49. The van der Waals surface area contributed by atoms with Crippen LogP contribution in [0.1, 0.15) is 62.9 Å². The molecule has 0 aromatic heterocycles. The first-order chi connectivity index (χ1) is 13.5. The average molecular weight is 379 g/mol. The number of carbonyl (C=O) groups excluding carboxylic acids is 1. The second kappa shape index (κ2) is 7.51. The number of Topliss-reactive ketones (excluding diaryl/α,β-unsaturated/α-hetero) is 1. The Morgan fingerprint density at radius 3 is 2.50 bits per heavy atom. The molecule has 150 valence electrons. The van der Waals surface area contributed by atoms with Crippen molar-refractivity contribution >= 4 is 22.2 Å². The van der Waals surface area contributed by atoms with E-state index in [1.807, 2.05) is 6.07 Å². The molecule has 2 aliphatic rings. The Balaban J connectivity index is 1.74. The summed E-state index contributed by atoms with van der Waals surface area (Å²) in [6.07, 6.45) is 2.95. The molecule has 0 unspecified atom stereocenters. The van der Waals surface area contributed by atoms with E-state index in [1.54, 1.807) is 0 Å². The van der Waals surface area contributed by atoms with E-state index in [2.05, 4.69) is 61.8 Å². The van der Waals surface area contributed by atoms with Gasteiger partial charge in [0.05, 0.1) is 5.41 Å². The van der Waals surface area contributed by atoms with Crippen molar-refractivity contribution < 1.29 is 4.79 Å². The summed E-state index contributed by atoms with van der Waals surface area (Å²) in [4.78, 5) is 18.5. The molecular weight excluding hydrogens is 344 g/mol. The summed E-state index contributed by atoms with van der Waals surface area (Å²) in [6.45, 7) is 14.6. The van der Waals surface area contributed by atoms with Crippen LogP contribution in [-0.2, 0) is 5.41 Å².